The van der Waals surface area contributed by atoms with E-state index in [0.717, 1.165) is 25.3 Å². The van der Waals surface area contributed by atoms with E-state index in [1.807, 2.05) is 0 Å². The first-order valence-corrected chi connectivity index (χ1v) is 5.65. The van der Waals surface area contributed by atoms with Crippen LogP contribution in [0.2, 0.25) is 0 Å². The quantitative estimate of drug-likeness (QED) is 0.738. The highest BCUT2D eigenvalue weighted by Gasteiger charge is 2.06. The molecular formula is C13H18N2O. The number of fused-ring (bicyclic) bond motifs is 1. The molecule has 0 unspecified atom stereocenters. The summed E-state index contributed by atoms with van der Waals surface area (Å²) >= 11 is 0. The fourth-order valence-corrected chi connectivity index (χ4v) is 1.98. The molecule has 0 fully saturated rings. The number of rotatable bonds is 4. The molecule has 0 saturated carbocycles. The first kappa shape index (κ1) is 11.1. The zero-order valence-electron chi connectivity index (χ0n) is 10.2. The van der Waals surface area contributed by atoms with Crippen LogP contribution in [0.3, 0.4) is 0 Å². The second-order valence-corrected chi connectivity index (χ2v) is 4.18. The van der Waals surface area contributed by atoms with Crippen LogP contribution in [0.1, 0.15) is 17.7 Å². The van der Waals surface area contributed by atoms with Gasteiger partial charge in [-0.2, -0.15) is 5.10 Å². The lowest BCUT2D eigenvalue weighted by molar-refractivity contribution is 0.189. The van der Waals surface area contributed by atoms with Crippen molar-refractivity contribution in [2.24, 2.45) is 0 Å². The molecule has 0 atom stereocenters. The van der Waals surface area contributed by atoms with Gasteiger partial charge in [-0.05, 0) is 31.9 Å². The van der Waals surface area contributed by atoms with Crippen LogP contribution in [0, 0.1) is 13.8 Å². The Bertz CT molecular complexity index is 488. The van der Waals surface area contributed by atoms with Gasteiger partial charge in [0.25, 0.3) is 0 Å². The summed E-state index contributed by atoms with van der Waals surface area (Å²) in [5, 5.41) is 5.82. The molecule has 0 amide bonds. The van der Waals surface area contributed by atoms with Crippen molar-refractivity contribution in [2.75, 3.05) is 13.7 Å². The highest BCUT2D eigenvalue weighted by atomic mass is 16.5. The maximum absolute atomic E-state index is 5.07. The largest absolute Gasteiger partial charge is 0.385 e. The summed E-state index contributed by atoms with van der Waals surface area (Å²) in [4.78, 5) is 0. The van der Waals surface area contributed by atoms with Gasteiger partial charge in [0.1, 0.15) is 0 Å². The summed E-state index contributed by atoms with van der Waals surface area (Å²) in [6.45, 7) is 5.87. The highest BCUT2D eigenvalue weighted by Crippen LogP contribution is 2.19. The van der Waals surface area contributed by atoms with Crippen LogP contribution in [-0.4, -0.2) is 23.5 Å². The van der Waals surface area contributed by atoms with Gasteiger partial charge >= 0.3 is 0 Å². The van der Waals surface area contributed by atoms with E-state index in [4.69, 9.17) is 4.74 Å². The van der Waals surface area contributed by atoms with Gasteiger partial charge in [0.15, 0.2) is 0 Å². The normalized spacial score (nSPS) is 11.2. The number of hydrogen-bond acceptors (Lipinski definition) is 2. The van der Waals surface area contributed by atoms with Crippen molar-refractivity contribution >= 4 is 10.9 Å². The van der Waals surface area contributed by atoms with Gasteiger partial charge in [-0.1, -0.05) is 12.1 Å². The smallest absolute Gasteiger partial charge is 0.0687 e. The van der Waals surface area contributed by atoms with Gasteiger partial charge in [0, 0.05) is 25.6 Å². The summed E-state index contributed by atoms with van der Waals surface area (Å²) in [7, 11) is 1.73. The van der Waals surface area contributed by atoms with Crippen LogP contribution >= 0.6 is 0 Å². The molecule has 0 aliphatic heterocycles. The molecule has 2 rings (SSSR count). The van der Waals surface area contributed by atoms with Crippen LogP contribution < -0.4 is 0 Å². The lowest BCUT2D eigenvalue weighted by atomic mass is 10.1. The van der Waals surface area contributed by atoms with Crippen molar-refractivity contribution in [1.82, 2.24) is 9.78 Å². The molecule has 0 aliphatic carbocycles. The second-order valence-electron chi connectivity index (χ2n) is 4.18. The third kappa shape index (κ3) is 2.09. The van der Waals surface area contributed by atoms with E-state index in [1.165, 1.54) is 16.5 Å². The number of methoxy groups -OCH3 is 1. The predicted molar refractivity (Wildman–Crippen MR) is 65.7 cm³/mol. The number of benzene rings is 1. The minimum Gasteiger partial charge on any atom is -0.385 e. The molecule has 0 bridgehead atoms. The third-order valence-corrected chi connectivity index (χ3v) is 2.81. The highest BCUT2D eigenvalue weighted by molar-refractivity contribution is 5.82. The van der Waals surface area contributed by atoms with E-state index < -0.39 is 0 Å². The summed E-state index contributed by atoms with van der Waals surface area (Å²) in [5.41, 5.74) is 3.61. The molecule has 1 aromatic heterocycles. The van der Waals surface area contributed by atoms with Gasteiger partial charge in [0.05, 0.1) is 11.2 Å². The van der Waals surface area contributed by atoms with Crippen molar-refractivity contribution in [3.63, 3.8) is 0 Å². The molecule has 1 heterocycles. The van der Waals surface area contributed by atoms with Crippen LogP contribution in [0.4, 0.5) is 0 Å². The van der Waals surface area contributed by atoms with Crippen LogP contribution in [0.15, 0.2) is 18.2 Å². The number of aromatic nitrogens is 2. The van der Waals surface area contributed by atoms with E-state index in [1.54, 1.807) is 7.11 Å². The maximum atomic E-state index is 5.07. The van der Waals surface area contributed by atoms with E-state index >= 15 is 0 Å². The molecule has 16 heavy (non-hydrogen) atoms. The van der Waals surface area contributed by atoms with Gasteiger partial charge in [-0.3, -0.25) is 4.68 Å². The number of nitrogens with zero attached hydrogens (tertiary/aromatic N) is 2. The molecular weight excluding hydrogens is 200 g/mol. The molecule has 0 N–H and O–H groups in total. The zero-order valence-corrected chi connectivity index (χ0v) is 10.2. The van der Waals surface area contributed by atoms with Gasteiger partial charge in [-0.25, -0.2) is 0 Å². The number of ether oxygens (including phenoxy) is 1. The Morgan fingerprint density at radius 3 is 2.88 bits per heavy atom. The van der Waals surface area contributed by atoms with Gasteiger partial charge < -0.3 is 4.74 Å². The summed E-state index contributed by atoms with van der Waals surface area (Å²) in [6.07, 6.45) is 1.00. The molecule has 0 saturated heterocycles. The predicted octanol–water partition coefficient (Wildman–Crippen LogP) is 2.69. The molecule has 0 spiro atoms. The topological polar surface area (TPSA) is 27.1 Å². The first-order chi connectivity index (χ1) is 7.72. The standard InChI is InChI=1S/C13H18N2O/c1-10-5-6-12-11(2)14-15(13(12)9-10)7-4-8-16-3/h5-6,9H,4,7-8H2,1-3H3. The molecule has 3 nitrogen and oxygen atoms in total. The Balaban J connectivity index is 2.33. The van der Waals surface area contributed by atoms with Crippen molar-refractivity contribution in [1.29, 1.82) is 0 Å². The van der Waals surface area contributed by atoms with Crippen LogP contribution in [-0.2, 0) is 11.3 Å². The van der Waals surface area contributed by atoms with Crippen molar-refractivity contribution in [3.8, 4) is 0 Å². The van der Waals surface area contributed by atoms with Gasteiger partial charge in [0.2, 0.25) is 0 Å². The van der Waals surface area contributed by atoms with E-state index in [0.29, 0.717) is 0 Å². The Morgan fingerprint density at radius 1 is 1.31 bits per heavy atom. The Hall–Kier alpha value is -1.35. The third-order valence-electron chi connectivity index (χ3n) is 2.81. The molecule has 2 aromatic rings. The van der Waals surface area contributed by atoms with Crippen molar-refractivity contribution < 1.29 is 4.74 Å². The Labute approximate surface area is 96.0 Å². The second kappa shape index (κ2) is 4.66. The fourth-order valence-electron chi connectivity index (χ4n) is 1.98. The minimum atomic E-state index is 0.784. The monoisotopic (exact) mass is 218 g/mol. The molecule has 1 aromatic carbocycles. The first-order valence-electron chi connectivity index (χ1n) is 5.65. The van der Waals surface area contributed by atoms with Crippen LogP contribution in [0.5, 0.6) is 0 Å². The maximum Gasteiger partial charge on any atom is 0.0687 e. The number of hydrogen-bond donors (Lipinski definition) is 0. The lowest BCUT2D eigenvalue weighted by Gasteiger charge is -2.03. The van der Waals surface area contributed by atoms with Crippen molar-refractivity contribution in [2.45, 2.75) is 26.8 Å². The van der Waals surface area contributed by atoms with E-state index in [9.17, 15) is 0 Å². The van der Waals surface area contributed by atoms with Crippen LogP contribution in [0.25, 0.3) is 10.9 Å². The average Bonchev–Trinajstić information content (AvgIpc) is 2.56. The SMILES string of the molecule is COCCCn1nc(C)c2ccc(C)cc21. The molecule has 0 aliphatic rings. The summed E-state index contributed by atoms with van der Waals surface area (Å²) in [5.74, 6) is 0. The Morgan fingerprint density at radius 2 is 2.12 bits per heavy atom. The molecule has 86 valence electrons. The number of aryl methyl sites for hydroxylation is 3. The summed E-state index contributed by atoms with van der Waals surface area (Å²) in [6, 6.07) is 6.48. The molecule has 0 radical (unpaired) electrons. The lowest BCUT2D eigenvalue weighted by Crippen LogP contribution is -2.03. The minimum absolute atomic E-state index is 0.784. The fraction of sp³-hybridized carbons (Fsp3) is 0.462. The van der Waals surface area contributed by atoms with Crippen molar-refractivity contribution in [3.05, 3.63) is 29.5 Å². The van der Waals surface area contributed by atoms with Gasteiger partial charge in [-0.15, -0.1) is 0 Å². The zero-order chi connectivity index (χ0) is 11.5. The molecule has 3 heteroatoms. The van der Waals surface area contributed by atoms with E-state index in [-0.39, 0.29) is 0 Å². The Kier molecular flexibility index (Phi) is 3.25. The summed E-state index contributed by atoms with van der Waals surface area (Å²) < 4.78 is 7.15. The van der Waals surface area contributed by atoms with E-state index in [2.05, 4.69) is 41.8 Å². The average molecular weight is 218 g/mol.